The number of carbonyl (C=O) groups is 1. The molecule has 0 aromatic heterocycles. The van der Waals surface area contributed by atoms with Crippen LogP contribution in [0.5, 0.6) is 5.75 Å². The molecule has 0 bridgehead atoms. The number of hydrogen-bond acceptors (Lipinski definition) is 11. The standard InChI is InChI=1S/C9H7N5O11/c10-3(9(16)17)1-2-4(11(18)19)6(13(22)23)8(15)7(14(24)25)5(2)12(20)21/h3,15H,1,10H2,(H,16,17)/t3-/m0/s1. The van der Waals surface area contributed by atoms with E-state index in [0.29, 0.717) is 0 Å². The summed E-state index contributed by atoms with van der Waals surface area (Å²) in [6.07, 6.45) is -1.20. The number of aliphatic carboxylic acids is 1. The van der Waals surface area contributed by atoms with Crippen LogP contribution >= 0.6 is 0 Å². The maximum atomic E-state index is 11.1. The van der Waals surface area contributed by atoms with Crippen molar-refractivity contribution in [2.45, 2.75) is 12.5 Å². The van der Waals surface area contributed by atoms with Gasteiger partial charge in [0.2, 0.25) is 0 Å². The lowest BCUT2D eigenvalue weighted by Crippen LogP contribution is -2.33. The monoisotopic (exact) mass is 361 g/mol. The van der Waals surface area contributed by atoms with E-state index in [1.165, 1.54) is 0 Å². The Kier molecular flexibility index (Phi) is 5.09. The first-order chi connectivity index (χ1) is 11.4. The summed E-state index contributed by atoms with van der Waals surface area (Å²) in [5, 5.41) is 62.5. The van der Waals surface area contributed by atoms with E-state index in [-0.39, 0.29) is 0 Å². The zero-order valence-electron chi connectivity index (χ0n) is 11.7. The molecule has 0 aliphatic carbocycles. The van der Waals surface area contributed by atoms with E-state index in [1.807, 2.05) is 0 Å². The third-order valence-corrected chi connectivity index (χ3v) is 2.94. The van der Waals surface area contributed by atoms with Gasteiger partial charge in [-0.15, -0.1) is 0 Å². The minimum atomic E-state index is -2.00. The highest BCUT2D eigenvalue weighted by Crippen LogP contribution is 2.51. The summed E-state index contributed by atoms with van der Waals surface area (Å²) < 4.78 is 0. The fourth-order valence-corrected chi connectivity index (χ4v) is 1.97. The van der Waals surface area contributed by atoms with Crippen molar-refractivity contribution in [1.82, 2.24) is 0 Å². The Bertz CT molecular complexity index is 766. The van der Waals surface area contributed by atoms with Gasteiger partial charge in [-0.3, -0.25) is 45.3 Å². The molecule has 1 aromatic carbocycles. The molecule has 1 aromatic rings. The second-order valence-corrected chi connectivity index (χ2v) is 4.40. The molecule has 0 saturated carbocycles. The Morgan fingerprint density at radius 3 is 1.44 bits per heavy atom. The van der Waals surface area contributed by atoms with Gasteiger partial charge < -0.3 is 15.9 Å². The molecule has 0 aliphatic rings. The second-order valence-electron chi connectivity index (χ2n) is 4.40. The van der Waals surface area contributed by atoms with Crippen molar-refractivity contribution in [3.05, 3.63) is 46.0 Å². The fourth-order valence-electron chi connectivity index (χ4n) is 1.97. The first-order valence-corrected chi connectivity index (χ1v) is 5.89. The number of carboxylic acids is 1. The fraction of sp³-hybridized carbons (Fsp3) is 0.222. The number of carboxylic acid groups (broad SMARTS) is 1. The number of benzene rings is 1. The topological polar surface area (TPSA) is 256 Å². The number of phenolic OH excluding ortho intramolecular Hbond substituents is 1. The van der Waals surface area contributed by atoms with Crippen molar-refractivity contribution in [2.24, 2.45) is 5.73 Å². The van der Waals surface area contributed by atoms with E-state index in [1.54, 1.807) is 0 Å². The van der Waals surface area contributed by atoms with Gasteiger partial charge in [0, 0.05) is 6.42 Å². The molecular weight excluding hydrogens is 354 g/mol. The summed E-state index contributed by atoms with van der Waals surface area (Å²) in [4.78, 5) is 48.9. The van der Waals surface area contributed by atoms with E-state index in [4.69, 9.17) is 10.8 Å². The number of hydrogen-bond donors (Lipinski definition) is 3. The average Bonchev–Trinajstić information content (AvgIpc) is 2.45. The lowest BCUT2D eigenvalue weighted by atomic mass is 9.99. The minimum absolute atomic E-state index is 1.20. The van der Waals surface area contributed by atoms with Crippen LogP contribution < -0.4 is 5.73 Å². The lowest BCUT2D eigenvalue weighted by molar-refractivity contribution is -0.436. The molecule has 1 atom stereocenters. The molecule has 4 N–H and O–H groups in total. The molecule has 0 aliphatic heterocycles. The number of nitrogens with two attached hydrogens (primary N) is 1. The summed E-state index contributed by atoms with van der Waals surface area (Å²) in [6, 6.07) is -2.00. The molecule has 0 unspecified atom stereocenters. The first kappa shape index (κ1) is 19.1. The van der Waals surface area contributed by atoms with Crippen LogP contribution in [0.15, 0.2) is 0 Å². The molecule has 0 saturated heterocycles. The van der Waals surface area contributed by atoms with Gasteiger partial charge >= 0.3 is 28.7 Å². The molecule has 25 heavy (non-hydrogen) atoms. The second kappa shape index (κ2) is 6.66. The normalized spacial score (nSPS) is 11.6. The van der Waals surface area contributed by atoms with E-state index in [2.05, 4.69) is 0 Å². The van der Waals surface area contributed by atoms with Crippen LogP contribution in [-0.4, -0.2) is 41.9 Å². The molecular formula is C9H7N5O11. The van der Waals surface area contributed by atoms with Crippen LogP contribution in [0.4, 0.5) is 22.7 Å². The minimum Gasteiger partial charge on any atom is -0.497 e. The van der Waals surface area contributed by atoms with Gasteiger partial charge in [-0.05, 0) is 0 Å². The highest BCUT2D eigenvalue weighted by Gasteiger charge is 2.48. The Hall–Kier alpha value is -3.95. The van der Waals surface area contributed by atoms with Gasteiger partial charge in [0.25, 0.3) is 5.75 Å². The van der Waals surface area contributed by atoms with Crippen LogP contribution in [0.3, 0.4) is 0 Å². The van der Waals surface area contributed by atoms with Crippen molar-refractivity contribution >= 4 is 28.7 Å². The highest BCUT2D eigenvalue weighted by atomic mass is 16.7. The van der Waals surface area contributed by atoms with Crippen LogP contribution in [0, 0.1) is 40.5 Å². The zero-order chi connectivity index (χ0) is 19.6. The molecule has 16 heteroatoms. The molecule has 0 fully saturated rings. The summed E-state index contributed by atoms with van der Waals surface area (Å²) in [5.74, 6) is -3.68. The van der Waals surface area contributed by atoms with Crippen LogP contribution in [-0.2, 0) is 11.2 Å². The SMILES string of the molecule is N[C@@H](Cc1c([N+](=O)[O-])c([N+](=O)[O-])c(O)c([N+](=O)[O-])c1[N+](=O)[O-])C(=O)O. The summed E-state index contributed by atoms with van der Waals surface area (Å²) in [5.41, 5.74) is -3.01. The predicted octanol–water partition coefficient (Wildman–Crippen LogP) is -0.0206. The lowest BCUT2D eigenvalue weighted by Gasteiger charge is -2.09. The third kappa shape index (κ3) is 3.37. The summed E-state index contributed by atoms with van der Waals surface area (Å²) >= 11 is 0. The van der Waals surface area contributed by atoms with Gasteiger partial charge in [0.1, 0.15) is 11.6 Å². The van der Waals surface area contributed by atoms with Crippen molar-refractivity contribution in [3.63, 3.8) is 0 Å². The maximum Gasteiger partial charge on any atom is 0.395 e. The molecule has 0 spiro atoms. The quantitative estimate of drug-likeness (QED) is 0.427. The number of rotatable bonds is 7. The molecule has 16 nitrogen and oxygen atoms in total. The predicted molar refractivity (Wildman–Crippen MR) is 74.0 cm³/mol. The number of nitro benzene ring substituents is 4. The summed E-state index contributed by atoms with van der Waals surface area (Å²) in [7, 11) is 0. The van der Waals surface area contributed by atoms with Crippen molar-refractivity contribution in [1.29, 1.82) is 0 Å². The van der Waals surface area contributed by atoms with E-state index in [0.717, 1.165) is 0 Å². The Labute approximate surface area is 134 Å². The van der Waals surface area contributed by atoms with Crippen molar-refractivity contribution in [3.8, 4) is 5.75 Å². The van der Waals surface area contributed by atoms with Crippen molar-refractivity contribution < 1.29 is 34.7 Å². The van der Waals surface area contributed by atoms with Crippen LogP contribution in [0.2, 0.25) is 0 Å². The van der Waals surface area contributed by atoms with E-state index >= 15 is 0 Å². The third-order valence-electron chi connectivity index (χ3n) is 2.94. The van der Waals surface area contributed by atoms with Gasteiger partial charge in [0.05, 0.1) is 19.7 Å². The number of nitrogens with zero attached hydrogens (tertiary/aromatic N) is 4. The van der Waals surface area contributed by atoms with Gasteiger partial charge in [-0.1, -0.05) is 0 Å². The molecule has 0 heterocycles. The summed E-state index contributed by atoms with van der Waals surface area (Å²) in [6.45, 7) is 0. The average molecular weight is 361 g/mol. The Morgan fingerprint density at radius 1 is 0.880 bits per heavy atom. The maximum absolute atomic E-state index is 11.1. The number of nitro groups is 4. The Morgan fingerprint density at radius 2 is 1.20 bits per heavy atom. The van der Waals surface area contributed by atoms with E-state index in [9.17, 15) is 50.4 Å². The molecule has 134 valence electrons. The van der Waals surface area contributed by atoms with Crippen molar-refractivity contribution in [2.75, 3.05) is 0 Å². The van der Waals surface area contributed by atoms with Gasteiger partial charge in [-0.2, -0.15) is 0 Å². The molecule has 0 amide bonds. The number of aromatic hydroxyl groups is 1. The van der Waals surface area contributed by atoms with Crippen LogP contribution in [0.1, 0.15) is 5.56 Å². The smallest absolute Gasteiger partial charge is 0.395 e. The largest absolute Gasteiger partial charge is 0.497 e. The van der Waals surface area contributed by atoms with Gasteiger partial charge in [-0.25, -0.2) is 0 Å². The molecule has 0 radical (unpaired) electrons. The number of phenols is 1. The van der Waals surface area contributed by atoms with Crippen LogP contribution in [0.25, 0.3) is 0 Å². The van der Waals surface area contributed by atoms with Gasteiger partial charge in [0.15, 0.2) is 0 Å². The highest BCUT2D eigenvalue weighted by molar-refractivity contribution is 5.83. The first-order valence-electron chi connectivity index (χ1n) is 5.89. The van der Waals surface area contributed by atoms with E-state index < -0.39 is 72.2 Å². The molecule has 1 rings (SSSR count). The zero-order valence-corrected chi connectivity index (χ0v) is 11.7. The Balaban J connectivity index is 4.13.